The molecule has 0 aliphatic heterocycles. The Labute approximate surface area is 144 Å². The minimum atomic E-state index is 0.160. The molecular weight excluding hydrogens is 312 g/mol. The van der Waals surface area contributed by atoms with Gasteiger partial charge >= 0.3 is 0 Å². The van der Waals surface area contributed by atoms with Crippen LogP contribution in [0.25, 0.3) is 0 Å². The van der Waals surface area contributed by atoms with E-state index in [1.165, 1.54) is 0 Å². The number of rotatable bonds is 8. The molecule has 23 heavy (non-hydrogen) atoms. The molecule has 0 heterocycles. The number of halogens is 1. The lowest BCUT2D eigenvalue weighted by Gasteiger charge is -2.19. The average molecular weight is 339 g/mol. The van der Waals surface area contributed by atoms with E-state index < -0.39 is 0 Å². The van der Waals surface area contributed by atoms with Crippen molar-refractivity contribution in [3.8, 4) is 0 Å². The topological polar surface area (TPSA) is 56.7 Å². The molecule has 0 aliphatic rings. The number of carbonyl (C=O) groups excluding carboxylic acids is 1. The lowest BCUT2D eigenvalue weighted by Crippen LogP contribution is -2.40. The van der Waals surface area contributed by atoms with Crippen LogP contribution in [0.4, 0.5) is 0 Å². The average Bonchev–Trinajstić information content (AvgIpc) is 2.54. The first kappa shape index (κ1) is 19.3. The lowest BCUT2D eigenvalue weighted by molar-refractivity contribution is -0.130. The molecule has 1 aromatic carbocycles. The van der Waals surface area contributed by atoms with E-state index in [9.17, 15) is 4.79 Å². The second kappa shape index (κ2) is 10.9. The van der Waals surface area contributed by atoms with Crippen LogP contribution in [0.2, 0.25) is 5.02 Å². The van der Waals surface area contributed by atoms with E-state index in [-0.39, 0.29) is 5.91 Å². The Bertz CT molecular complexity index is 515. The number of nitrogens with zero attached hydrogens (tertiary/aromatic N) is 2. The molecule has 1 aromatic rings. The standard InChI is InChI=1S/C17H27ClN4O/c1-4-19-17(20-11-10-16(23)22(5-2)6-3)21-13-14-8-7-9-15(18)12-14/h7-9,12H,4-6,10-11,13H2,1-3H3,(H2,19,20,21). The van der Waals surface area contributed by atoms with Gasteiger partial charge in [-0.3, -0.25) is 4.79 Å². The van der Waals surface area contributed by atoms with Gasteiger partial charge in [0.15, 0.2) is 5.96 Å². The van der Waals surface area contributed by atoms with Gasteiger partial charge in [0.25, 0.3) is 0 Å². The Balaban J connectivity index is 2.51. The summed E-state index contributed by atoms with van der Waals surface area (Å²) in [6.07, 6.45) is 0.462. The smallest absolute Gasteiger partial charge is 0.224 e. The zero-order valence-electron chi connectivity index (χ0n) is 14.2. The highest BCUT2D eigenvalue weighted by atomic mass is 35.5. The molecule has 6 heteroatoms. The van der Waals surface area contributed by atoms with Gasteiger partial charge in [-0.25, -0.2) is 4.99 Å². The van der Waals surface area contributed by atoms with Crippen LogP contribution in [-0.4, -0.2) is 42.9 Å². The van der Waals surface area contributed by atoms with E-state index in [1.54, 1.807) is 0 Å². The maximum absolute atomic E-state index is 12.0. The molecule has 1 amide bonds. The predicted molar refractivity (Wildman–Crippen MR) is 96.8 cm³/mol. The summed E-state index contributed by atoms with van der Waals surface area (Å²) in [5.74, 6) is 0.869. The van der Waals surface area contributed by atoms with Crippen molar-refractivity contribution in [3.63, 3.8) is 0 Å². The fraction of sp³-hybridized carbons (Fsp3) is 0.529. The number of guanidine groups is 1. The molecule has 0 unspecified atom stereocenters. The maximum Gasteiger partial charge on any atom is 0.224 e. The number of nitrogens with one attached hydrogen (secondary N) is 2. The van der Waals surface area contributed by atoms with Crippen molar-refractivity contribution in [1.29, 1.82) is 0 Å². The van der Waals surface area contributed by atoms with Gasteiger partial charge in [-0.15, -0.1) is 0 Å². The number of hydrogen-bond acceptors (Lipinski definition) is 2. The van der Waals surface area contributed by atoms with Crippen LogP contribution >= 0.6 is 11.6 Å². The highest BCUT2D eigenvalue weighted by molar-refractivity contribution is 6.30. The Hall–Kier alpha value is -1.75. The van der Waals surface area contributed by atoms with E-state index in [0.29, 0.717) is 30.5 Å². The van der Waals surface area contributed by atoms with Gasteiger partial charge in [-0.2, -0.15) is 0 Å². The van der Waals surface area contributed by atoms with E-state index in [0.717, 1.165) is 25.2 Å². The number of benzene rings is 1. The number of aliphatic imine (C=N–C) groups is 1. The zero-order valence-corrected chi connectivity index (χ0v) is 15.0. The quantitative estimate of drug-likeness (QED) is 0.566. The molecule has 1 rings (SSSR count). The number of hydrogen-bond donors (Lipinski definition) is 2. The van der Waals surface area contributed by atoms with Crippen molar-refractivity contribution in [1.82, 2.24) is 15.5 Å². The Morgan fingerprint density at radius 2 is 1.96 bits per heavy atom. The summed E-state index contributed by atoms with van der Waals surface area (Å²) in [6.45, 7) is 9.37. The molecule has 0 radical (unpaired) electrons. The highest BCUT2D eigenvalue weighted by Gasteiger charge is 2.09. The van der Waals surface area contributed by atoms with Gasteiger partial charge in [0, 0.05) is 37.6 Å². The zero-order chi connectivity index (χ0) is 17.1. The minimum Gasteiger partial charge on any atom is -0.357 e. The molecule has 0 spiro atoms. The Morgan fingerprint density at radius 3 is 2.57 bits per heavy atom. The summed E-state index contributed by atoms with van der Waals surface area (Å²) in [7, 11) is 0. The van der Waals surface area contributed by atoms with Crippen LogP contribution in [0.15, 0.2) is 29.3 Å². The summed E-state index contributed by atoms with van der Waals surface area (Å²) in [4.78, 5) is 18.3. The summed E-state index contributed by atoms with van der Waals surface area (Å²) >= 11 is 5.98. The molecule has 5 nitrogen and oxygen atoms in total. The molecule has 0 saturated heterocycles. The van der Waals surface area contributed by atoms with Gasteiger partial charge in [0.2, 0.25) is 5.91 Å². The first-order valence-corrected chi connectivity index (χ1v) is 8.52. The molecule has 2 N–H and O–H groups in total. The number of amides is 1. The maximum atomic E-state index is 12.0. The second-order valence-corrected chi connectivity index (χ2v) is 5.50. The monoisotopic (exact) mass is 338 g/mol. The van der Waals surface area contributed by atoms with E-state index >= 15 is 0 Å². The van der Waals surface area contributed by atoms with E-state index in [4.69, 9.17) is 11.6 Å². The molecule has 0 aromatic heterocycles. The van der Waals surface area contributed by atoms with Crippen LogP contribution in [0, 0.1) is 0 Å². The van der Waals surface area contributed by atoms with Gasteiger partial charge in [0.05, 0.1) is 6.54 Å². The second-order valence-electron chi connectivity index (χ2n) is 5.07. The van der Waals surface area contributed by atoms with Crippen LogP contribution < -0.4 is 10.6 Å². The molecule has 0 bridgehead atoms. The van der Waals surface area contributed by atoms with Crippen molar-refractivity contribution >= 4 is 23.5 Å². The molecule has 0 atom stereocenters. The fourth-order valence-electron chi connectivity index (χ4n) is 2.17. The summed E-state index contributed by atoms with van der Waals surface area (Å²) in [5.41, 5.74) is 1.05. The van der Waals surface area contributed by atoms with Gasteiger partial charge in [-0.1, -0.05) is 23.7 Å². The molecule has 0 saturated carbocycles. The largest absolute Gasteiger partial charge is 0.357 e. The van der Waals surface area contributed by atoms with Crippen molar-refractivity contribution in [2.45, 2.75) is 33.7 Å². The predicted octanol–water partition coefficient (Wildman–Crippen LogP) is 2.65. The highest BCUT2D eigenvalue weighted by Crippen LogP contribution is 2.11. The minimum absolute atomic E-state index is 0.160. The Morgan fingerprint density at radius 1 is 1.22 bits per heavy atom. The van der Waals surface area contributed by atoms with E-state index in [2.05, 4.69) is 15.6 Å². The molecule has 0 fully saturated rings. The van der Waals surface area contributed by atoms with Crippen molar-refractivity contribution in [2.24, 2.45) is 4.99 Å². The van der Waals surface area contributed by atoms with Crippen LogP contribution in [0.5, 0.6) is 0 Å². The Kier molecular flexibility index (Phi) is 9.14. The third-order valence-electron chi connectivity index (χ3n) is 3.40. The third kappa shape index (κ3) is 7.37. The first-order valence-electron chi connectivity index (χ1n) is 8.15. The lowest BCUT2D eigenvalue weighted by atomic mass is 10.2. The first-order chi connectivity index (χ1) is 11.1. The molecule has 128 valence electrons. The normalized spacial score (nSPS) is 11.2. The summed E-state index contributed by atoms with van der Waals surface area (Å²) in [6, 6.07) is 7.65. The number of carbonyl (C=O) groups is 1. The van der Waals surface area contributed by atoms with Crippen LogP contribution in [-0.2, 0) is 11.3 Å². The van der Waals surface area contributed by atoms with Gasteiger partial charge in [0.1, 0.15) is 0 Å². The molecular formula is C17H27ClN4O. The van der Waals surface area contributed by atoms with Gasteiger partial charge < -0.3 is 15.5 Å². The third-order valence-corrected chi connectivity index (χ3v) is 3.64. The summed E-state index contributed by atoms with van der Waals surface area (Å²) < 4.78 is 0. The van der Waals surface area contributed by atoms with E-state index in [1.807, 2.05) is 49.9 Å². The van der Waals surface area contributed by atoms with Crippen LogP contribution in [0.1, 0.15) is 32.8 Å². The van der Waals surface area contributed by atoms with Crippen molar-refractivity contribution in [3.05, 3.63) is 34.9 Å². The van der Waals surface area contributed by atoms with Crippen LogP contribution in [0.3, 0.4) is 0 Å². The fourth-order valence-corrected chi connectivity index (χ4v) is 2.38. The van der Waals surface area contributed by atoms with Crippen molar-refractivity contribution < 1.29 is 4.79 Å². The summed E-state index contributed by atoms with van der Waals surface area (Å²) in [5, 5.41) is 7.09. The van der Waals surface area contributed by atoms with Gasteiger partial charge in [-0.05, 0) is 38.5 Å². The molecule has 0 aliphatic carbocycles. The SMILES string of the molecule is CCNC(=NCc1cccc(Cl)c1)NCCC(=O)N(CC)CC. The van der Waals surface area contributed by atoms with Crippen molar-refractivity contribution in [2.75, 3.05) is 26.2 Å².